The summed E-state index contributed by atoms with van der Waals surface area (Å²) in [5.74, 6) is -0.512. The van der Waals surface area contributed by atoms with Crippen molar-refractivity contribution in [1.82, 2.24) is 5.01 Å². The summed E-state index contributed by atoms with van der Waals surface area (Å²) >= 11 is 12.0. The summed E-state index contributed by atoms with van der Waals surface area (Å²) in [7, 11) is 1.39. The van der Waals surface area contributed by atoms with E-state index in [1.165, 1.54) is 32.2 Å². The Labute approximate surface area is 185 Å². The van der Waals surface area contributed by atoms with Crippen LogP contribution in [-0.2, 0) is 6.61 Å². The van der Waals surface area contributed by atoms with E-state index in [0.29, 0.717) is 11.3 Å². The van der Waals surface area contributed by atoms with E-state index in [1.807, 2.05) is 0 Å². The average Bonchev–Trinajstić information content (AvgIpc) is 3.03. The van der Waals surface area contributed by atoms with Crippen LogP contribution in [-0.4, -0.2) is 40.7 Å². The number of alkyl halides is 3. The maximum absolute atomic E-state index is 13.4. The Bertz CT molecular complexity index is 1050. The fraction of sp³-hybridized carbons (Fsp3) is 0.300. The number of rotatable bonds is 5. The zero-order valence-corrected chi connectivity index (χ0v) is 17.8. The smallest absolute Gasteiger partial charge is 0.438 e. The summed E-state index contributed by atoms with van der Waals surface area (Å²) in [6.07, 6.45) is -5.92. The molecular formula is C20H17Cl2F3N2O4. The Morgan fingerprint density at radius 2 is 1.97 bits per heavy atom. The first-order valence-electron chi connectivity index (χ1n) is 8.89. The molecule has 0 bridgehead atoms. The fourth-order valence-corrected chi connectivity index (χ4v) is 3.40. The van der Waals surface area contributed by atoms with Crippen molar-refractivity contribution in [1.29, 1.82) is 0 Å². The highest BCUT2D eigenvalue weighted by molar-refractivity contribution is 6.42. The number of hydrazone groups is 1. The predicted molar refractivity (Wildman–Crippen MR) is 109 cm³/mol. The number of amides is 1. The Morgan fingerprint density at radius 1 is 1.26 bits per heavy atom. The first-order chi connectivity index (χ1) is 14.5. The number of hydrogen-bond donors (Lipinski definition) is 1. The van der Waals surface area contributed by atoms with Crippen LogP contribution in [0.4, 0.5) is 13.2 Å². The van der Waals surface area contributed by atoms with Crippen molar-refractivity contribution in [2.45, 2.75) is 31.9 Å². The largest absolute Gasteiger partial charge is 0.496 e. The van der Waals surface area contributed by atoms with E-state index in [1.54, 1.807) is 18.2 Å². The summed E-state index contributed by atoms with van der Waals surface area (Å²) in [5.41, 5.74) is -3.22. The molecule has 31 heavy (non-hydrogen) atoms. The molecule has 1 amide bonds. The summed E-state index contributed by atoms with van der Waals surface area (Å²) in [4.78, 5) is 12.8. The number of carbonyl (C=O) groups is 1. The number of methoxy groups -OCH3 is 1. The van der Waals surface area contributed by atoms with E-state index in [2.05, 4.69) is 5.10 Å². The molecule has 0 radical (unpaired) electrons. The van der Waals surface area contributed by atoms with Gasteiger partial charge in [-0.05, 0) is 37.3 Å². The average molecular weight is 477 g/mol. The molecule has 2 aromatic carbocycles. The van der Waals surface area contributed by atoms with Crippen molar-refractivity contribution >= 4 is 34.8 Å². The van der Waals surface area contributed by atoms with E-state index >= 15 is 0 Å². The number of benzene rings is 2. The van der Waals surface area contributed by atoms with Crippen LogP contribution in [0.15, 0.2) is 41.5 Å². The van der Waals surface area contributed by atoms with Gasteiger partial charge in [-0.3, -0.25) is 4.79 Å². The van der Waals surface area contributed by atoms with E-state index in [0.717, 1.165) is 0 Å². The minimum absolute atomic E-state index is 0.0270. The van der Waals surface area contributed by atoms with Gasteiger partial charge in [-0.1, -0.05) is 29.3 Å². The predicted octanol–water partition coefficient (Wildman–Crippen LogP) is 5.05. The lowest BCUT2D eigenvalue weighted by Gasteiger charge is -2.32. The molecule has 11 heteroatoms. The van der Waals surface area contributed by atoms with Gasteiger partial charge in [-0.25, -0.2) is 0 Å². The van der Waals surface area contributed by atoms with Gasteiger partial charge in [0, 0.05) is 23.3 Å². The third-order valence-corrected chi connectivity index (χ3v) is 5.40. The number of hydrogen-bond acceptors (Lipinski definition) is 5. The molecule has 0 aromatic heterocycles. The number of ether oxygens (including phenoxy) is 2. The van der Waals surface area contributed by atoms with Gasteiger partial charge in [0.2, 0.25) is 0 Å². The zero-order chi connectivity index (χ0) is 23.0. The molecular weight excluding hydrogens is 460 g/mol. The van der Waals surface area contributed by atoms with E-state index in [9.17, 15) is 23.1 Å². The van der Waals surface area contributed by atoms with Crippen molar-refractivity contribution in [3.63, 3.8) is 0 Å². The minimum atomic E-state index is -5.09. The van der Waals surface area contributed by atoms with Crippen LogP contribution in [0.5, 0.6) is 11.5 Å². The second kappa shape index (κ2) is 8.57. The highest BCUT2D eigenvalue weighted by Crippen LogP contribution is 2.41. The molecule has 1 heterocycles. The molecule has 2 aromatic rings. The summed E-state index contributed by atoms with van der Waals surface area (Å²) in [6.45, 7) is 1.18. The third kappa shape index (κ3) is 4.44. The molecule has 1 aliphatic heterocycles. The van der Waals surface area contributed by atoms with Crippen LogP contribution in [0, 0.1) is 0 Å². The summed E-state index contributed by atoms with van der Waals surface area (Å²) < 4.78 is 51.2. The minimum Gasteiger partial charge on any atom is -0.496 e. The maximum atomic E-state index is 13.4. The van der Waals surface area contributed by atoms with Gasteiger partial charge in [-0.2, -0.15) is 23.3 Å². The molecule has 1 atom stereocenters. The molecule has 3 rings (SSSR count). The molecule has 0 fully saturated rings. The van der Waals surface area contributed by atoms with Gasteiger partial charge >= 0.3 is 6.18 Å². The van der Waals surface area contributed by atoms with Crippen LogP contribution in [0.2, 0.25) is 10.0 Å². The second-order valence-electron chi connectivity index (χ2n) is 6.81. The monoisotopic (exact) mass is 476 g/mol. The standard InChI is InChI=1S/C20H17Cl2F3N2O4/c1-11-9-19(29,20(23,24)25)27(26-11)18(28)12-6-7-15(30-2)13(8-12)10-31-16-5-3-4-14(21)17(16)22/h3-8,29H,9-10H2,1-2H3/t19-/m1/s1. The van der Waals surface area contributed by atoms with Gasteiger partial charge in [0.25, 0.3) is 11.6 Å². The van der Waals surface area contributed by atoms with E-state index < -0.39 is 24.2 Å². The lowest BCUT2D eigenvalue weighted by atomic mass is 10.0. The number of halogens is 5. The SMILES string of the molecule is COc1ccc(C(=O)N2N=C(C)C[C@@]2(O)C(F)(F)F)cc1COc1cccc(Cl)c1Cl. The first-order valence-corrected chi connectivity index (χ1v) is 9.65. The number of aliphatic hydroxyl groups is 1. The lowest BCUT2D eigenvalue weighted by molar-refractivity contribution is -0.297. The molecule has 1 aliphatic rings. The van der Waals surface area contributed by atoms with E-state index in [-0.39, 0.29) is 38.7 Å². The Hall–Kier alpha value is -2.49. The molecule has 0 aliphatic carbocycles. The zero-order valence-electron chi connectivity index (χ0n) is 16.3. The quantitative estimate of drug-likeness (QED) is 0.654. The molecule has 1 N–H and O–H groups in total. The molecule has 0 spiro atoms. The van der Waals surface area contributed by atoms with Crippen molar-refractivity contribution in [2.24, 2.45) is 5.10 Å². The van der Waals surface area contributed by atoms with Crippen molar-refractivity contribution in [3.8, 4) is 11.5 Å². The van der Waals surface area contributed by atoms with Gasteiger partial charge in [-0.15, -0.1) is 0 Å². The van der Waals surface area contributed by atoms with Crippen molar-refractivity contribution < 1.29 is 32.5 Å². The molecule has 0 saturated carbocycles. The highest BCUT2D eigenvalue weighted by atomic mass is 35.5. The van der Waals surface area contributed by atoms with Crippen LogP contribution in [0.1, 0.15) is 29.3 Å². The van der Waals surface area contributed by atoms with Crippen molar-refractivity contribution in [3.05, 3.63) is 57.6 Å². The number of carbonyl (C=O) groups excluding carboxylic acids is 1. The van der Waals surface area contributed by atoms with Gasteiger partial charge in [0.05, 0.1) is 12.1 Å². The Balaban J connectivity index is 1.91. The fourth-order valence-electron chi connectivity index (χ4n) is 3.05. The van der Waals surface area contributed by atoms with Gasteiger partial charge in [0.1, 0.15) is 23.1 Å². The summed E-state index contributed by atoms with van der Waals surface area (Å²) in [5, 5.41) is 14.3. The van der Waals surface area contributed by atoms with Crippen LogP contribution < -0.4 is 9.47 Å². The Morgan fingerprint density at radius 3 is 2.61 bits per heavy atom. The van der Waals surface area contributed by atoms with Gasteiger partial charge < -0.3 is 14.6 Å². The molecule has 0 unspecified atom stereocenters. The maximum Gasteiger partial charge on any atom is 0.438 e. The van der Waals surface area contributed by atoms with Gasteiger partial charge in [0.15, 0.2) is 0 Å². The first kappa shape index (κ1) is 23.2. The lowest BCUT2D eigenvalue weighted by Crippen LogP contribution is -2.56. The molecule has 166 valence electrons. The van der Waals surface area contributed by atoms with Crippen molar-refractivity contribution in [2.75, 3.05) is 7.11 Å². The molecule has 0 saturated heterocycles. The third-order valence-electron chi connectivity index (χ3n) is 4.60. The topological polar surface area (TPSA) is 71.4 Å². The van der Waals surface area contributed by atoms with Crippen LogP contribution in [0.25, 0.3) is 0 Å². The summed E-state index contributed by atoms with van der Waals surface area (Å²) in [6, 6.07) is 8.78. The second-order valence-corrected chi connectivity index (χ2v) is 7.60. The van der Waals surface area contributed by atoms with Crippen LogP contribution >= 0.6 is 23.2 Å². The van der Waals surface area contributed by atoms with Crippen LogP contribution in [0.3, 0.4) is 0 Å². The Kier molecular flexibility index (Phi) is 6.40. The number of nitrogens with zero attached hydrogens (tertiary/aromatic N) is 2. The highest BCUT2D eigenvalue weighted by Gasteiger charge is 2.62. The molecule has 6 nitrogen and oxygen atoms in total. The normalized spacial score (nSPS) is 18.7. The van der Waals surface area contributed by atoms with E-state index in [4.69, 9.17) is 32.7 Å².